The van der Waals surface area contributed by atoms with Crippen LogP contribution in [0.2, 0.25) is 0 Å². The van der Waals surface area contributed by atoms with Crippen LogP contribution in [-0.4, -0.2) is 33.2 Å². The molecule has 5 rings (SSSR count). The van der Waals surface area contributed by atoms with Gasteiger partial charge in [0.2, 0.25) is 0 Å². The maximum Gasteiger partial charge on any atom is 0.279 e. The lowest BCUT2D eigenvalue weighted by molar-refractivity contribution is -0.907. The van der Waals surface area contributed by atoms with Crippen molar-refractivity contribution in [1.82, 2.24) is 0 Å². The van der Waals surface area contributed by atoms with Crippen molar-refractivity contribution in [2.24, 2.45) is 0 Å². The summed E-state index contributed by atoms with van der Waals surface area (Å²) in [5.41, 5.74) is 4.93. The molecule has 0 spiro atoms. The molecule has 31 heavy (non-hydrogen) atoms. The van der Waals surface area contributed by atoms with Gasteiger partial charge in [-0.2, -0.15) is 0 Å². The Labute approximate surface area is 180 Å². The molecule has 2 heterocycles. The lowest BCUT2D eigenvalue weighted by Crippen LogP contribution is -3.12. The Kier molecular flexibility index (Phi) is 5.00. The van der Waals surface area contributed by atoms with E-state index in [1.165, 1.54) is 16.0 Å². The Morgan fingerprint density at radius 1 is 0.968 bits per heavy atom. The van der Waals surface area contributed by atoms with Gasteiger partial charge in [-0.05, 0) is 42.0 Å². The third kappa shape index (κ3) is 3.70. The molecule has 6 nitrogen and oxygen atoms in total. The maximum atomic E-state index is 12.8. The molecular weight excluding hydrogens is 392 g/mol. The second kappa shape index (κ2) is 7.96. The van der Waals surface area contributed by atoms with Gasteiger partial charge in [0.1, 0.15) is 17.7 Å². The average molecular weight is 417 g/mol. The Morgan fingerprint density at radius 3 is 2.52 bits per heavy atom. The number of para-hydroxylation sites is 1. The van der Waals surface area contributed by atoms with Crippen molar-refractivity contribution in [2.75, 3.05) is 32.6 Å². The van der Waals surface area contributed by atoms with E-state index in [4.69, 9.17) is 13.9 Å². The number of ether oxygens (including phenoxy) is 2. The quantitative estimate of drug-likeness (QED) is 0.524. The van der Waals surface area contributed by atoms with Gasteiger partial charge >= 0.3 is 0 Å². The summed E-state index contributed by atoms with van der Waals surface area (Å²) >= 11 is 0. The maximum absolute atomic E-state index is 12.8. The molecule has 0 saturated carbocycles. The van der Waals surface area contributed by atoms with Gasteiger partial charge in [-0.1, -0.05) is 18.2 Å². The summed E-state index contributed by atoms with van der Waals surface area (Å²) in [5, 5.41) is 5.11. The van der Waals surface area contributed by atoms with Crippen LogP contribution < -0.4 is 19.7 Å². The summed E-state index contributed by atoms with van der Waals surface area (Å²) in [6, 6.07) is 17.8. The highest BCUT2D eigenvalue weighted by Gasteiger charge is 2.24. The van der Waals surface area contributed by atoms with Crippen LogP contribution in [-0.2, 0) is 17.8 Å². The lowest BCUT2D eigenvalue weighted by Gasteiger charge is -2.26. The van der Waals surface area contributed by atoms with Crippen molar-refractivity contribution < 1.29 is 23.6 Å². The highest BCUT2D eigenvalue weighted by Crippen LogP contribution is 2.32. The van der Waals surface area contributed by atoms with E-state index in [1.54, 1.807) is 14.2 Å². The summed E-state index contributed by atoms with van der Waals surface area (Å²) in [5.74, 6) is 1.49. The minimum atomic E-state index is 0.00563. The van der Waals surface area contributed by atoms with E-state index in [0.717, 1.165) is 58.6 Å². The first-order valence-corrected chi connectivity index (χ1v) is 10.4. The highest BCUT2D eigenvalue weighted by molar-refractivity contribution is 6.06. The molecule has 3 aromatic carbocycles. The fourth-order valence-corrected chi connectivity index (χ4v) is 4.42. The van der Waals surface area contributed by atoms with Crippen LogP contribution in [0.25, 0.3) is 21.9 Å². The van der Waals surface area contributed by atoms with Gasteiger partial charge in [0.15, 0.2) is 18.0 Å². The zero-order chi connectivity index (χ0) is 21.4. The highest BCUT2D eigenvalue weighted by atomic mass is 16.5. The molecule has 0 bridgehead atoms. The number of methoxy groups -OCH3 is 2. The molecule has 2 N–H and O–H groups in total. The van der Waals surface area contributed by atoms with Crippen molar-refractivity contribution in [1.29, 1.82) is 0 Å². The molecule has 1 unspecified atom stereocenters. The number of rotatable bonds is 5. The number of carbonyl (C=O) groups is 1. The SMILES string of the molecule is COc1cc2c(cc1OC)C[NH+](CC(=O)Nc1ccc3oc4ccccc4c3c1)CC2. The summed E-state index contributed by atoms with van der Waals surface area (Å²) in [6.07, 6.45) is 0.908. The molecule has 1 aliphatic heterocycles. The van der Waals surface area contributed by atoms with Gasteiger partial charge in [0, 0.05) is 28.4 Å². The van der Waals surface area contributed by atoms with Crippen molar-refractivity contribution in [2.45, 2.75) is 13.0 Å². The van der Waals surface area contributed by atoms with E-state index in [1.807, 2.05) is 48.5 Å². The molecule has 0 fully saturated rings. The molecule has 1 atom stereocenters. The van der Waals surface area contributed by atoms with Crippen LogP contribution in [0, 0.1) is 0 Å². The third-order valence-electron chi connectivity index (χ3n) is 5.97. The van der Waals surface area contributed by atoms with Crippen LogP contribution in [0.3, 0.4) is 0 Å². The van der Waals surface area contributed by atoms with Crippen LogP contribution in [0.5, 0.6) is 11.5 Å². The van der Waals surface area contributed by atoms with Crippen LogP contribution in [0.1, 0.15) is 11.1 Å². The van der Waals surface area contributed by atoms with Crippen LogP contribution >= 0.6 is 0 Å². The molecule has 0 aliphatic carbocycles. The van der Waals surface area contributed by atoms with E-state index in [-0.39, 0.29) is 5.91 Å². The van der Waals surface area contributed by atoms with E-state index in [9.17, 15) is 4.79 Å². The topological polar surface area (TPSA) is 65.1 Å². The van der Waals surface area contributed by atoms with E-state index < -0.39 is 0 Å². The van der Waals surface area contributed by atoms with Crippen LogP contribution in [0.15, 0.2) is 59.0 Å². The molecule has 1 amide bonds. The number of hydrogen-bond donors (Lipinski definition) is 2. The molecule has 1 aliphatic rings. The third-order valence-corrected chi connectivity index (χ3v) is 5.97. The van der Waals surface area contributed by atoms with Gasteiger partial charge in [-0.25, -0.2) is 0 Å². The second-order valence-electron chi connectivity index (χ2n) is 7.94. The zero-order valence-electron chi connectivity index (χ0n) is 17.7. The standard InChI is InChI=1S/C25H24N2O4/c1-29-23-11-16-9-10-27(14-17(16)12-24(23)30-2)15-25(28)26-18-7-8-22-20(13-18)19-5-3-4-6-21(19)31-22/h3-8,11-13H,9-10,14-15H2,1-2H3,(H,26,28)/p+1. The van der Waals surface area contributed by atoms with E-state index >= 15 is 0 Å². The van der Waals surface area contributed by atoms with Gasteiger partial charge in [0.25, 0.3) is 5.91 Å². The van der Waals surface area contributed by atoms with Gasteiger partial charge in [-0.3, -0.25) is 4.79 Å². The molecule has 158 valence electrons. The second-order valence-corrected chi connectivity index (χ2v) is 7.94. The van der Waals surface area contributed by atoms with Gasteiger partial charge < -0.3 is 24.1 Å². The fraction of sp³-hybridized carbons (Fsp3) is 0.240. The molecule has 6 heteroatoms. The summed E-state index contributed by atoms with van der Waals surface area (Å²) < 4.78 is 16.7. The van der Waals surface area contributed by atoms with E-state index in [0.29, 0.717) is 6.54 Å². The predicted molar refractivity (Wildman–Crippen MR) is 120 cm³/mol. The van der Waals surface area contributed by atoms with Crippen molar-refractivity contribution in [3.63, 3.8) is 0 Å². The molecule has 4 aromatic rings. The summed E-state index contributed by atoms with van der Waals surface area (Å²) in [6.45, 7) is 2.10. The van der Waals surface area contributed by atoms with Crippen molar-refractivity contribution in [3.05, 3.63) is 65.7 Å². The smallest absolute Gasteiger partial charge is 0.279 e. The zero-order valence-corrected chi connectivity index (χ0v) is 17.7. The fourth-order valence-electron chi connectivity index (χ4n) is 4.42. The normalized spacial score (nSPS) is 15.6. The average Bonchev–Trinajstić information content (AvgIpc) is 3.16. The first kappa shape index (κ1) is 19.5. The summed E-state index contributed by atoms with van der Waals surface area (Å²) in [7, 11) is 3.30. The van der Waals surface area contributed by atoms with Gasteiger partial charge in [-0.15, -0.1) is 0 Å². The predicted octanol–water partition coefficient (Wildman–Crippen LogP) is 3.18. The Bertz CT molecular complexity index is 1280. The number of hydrogen-bond acceptors (Lipinski definition) is 4. The minimum absolute atomic E-state index is 0.00563. The lowest BCUT2D eigenvalue weighted by atomic mass is 9.99. The first-order valence-electron chi connectivity index (χ1n) is 10.4. The van der Waals surface area contributed by atoms with E-state index in [2.05, 4.69) is 11.4 Å². The Hall–Kier alpha value is -3.51. The molecule has 0 radical (unpaired) electrons. The number of anilines is 1. The number of benzene rings is 3. The summed E-state index contributed by atoms with van der Waals surface area (Å²) in [4.78, 5) is 14.0. The largest absolute Gasteiger partial charge is 0.493 e. The Balaban J connectivity index is 1.29. The van der Waals surface area contributed by atoms with Crippen molar-refractivity contribution in [3.8, 4) is 11.5 Å². The molecule has 1 aromatic heterocycles. The monoisotopic (exact) mass is 417 g/mol. The number of quaternary nitrogens is 1. The number of fused-ring (bicyclic) bond motifs is 4. The number of carbonyl (C=O) groups excluding carboxylic acids is 1. The Morgan fingerprint density at radius 2 is 1.71 bits per heavy atom. The minimum Gasteiger partial charge on any atom is -0.493 e. The molecular formula is C25H25N2O4+. The van der Waals surface area contributed by atoms with Gasteiger partial charge in [0.05, 0.1) is 20.8 Å². The number of furan rings is 1. The first-order chi connectivity index (χ1) is 15.1. The van der Waals surface area contributed by atoms with Crippen LogP contribution in [0.4, 0.5) is 5.69 Å². The van der Waals surface area contributed by atoms with Crippen molar-refractivity contribution >= 4 is 33.5 Å². The number of nitrogens with one attached hydrogen (secondary N) is 2. The molecule has 0 saturated heterocycles. The number of amides is 1.